The first kappa shape index (κ1) is 60.6. The lowest BCUT2D eigenvalue weighted by molar-refractivity contribution is -0.283. The highest BCUT2D eigenvalue weighted by Crippen LogP contribution is 2.47. The van der Waals surface area contributed by atoms with Crippen LogP contribution in [-0.4, -0.2) is 100 Å². The van der Waals surface area contributed by atoms with E-state index in [9.17, 15) is 19.2 Å². The first-order valence-corrected chi connectivity index (χ1v) is 24.0. The van der Waals surface area contributed by atoms with Crippen molar-refractivity contribution in [2.75, 3.05) is 21.3 Å². The van der Waals surface area contributed by atoms with Crippen molar-refractivity contribution in [3.05, 3.63) is 156 Å². The maximum absolute atomic E-state index is 15.3. The minimum absolute atomic E-state index is 0.181. The van der Waals surface area contributed by atoms with Crippen molar-refractivity contribution < 1.29 is 96.6 Å². The van der Waals surface area contributed by atoms with Crippen LogP contribution in [0.3, 0.4) is 0 Å². The van der Waals surface area contributed by atoms with Crippen LogP contribution < -0.4 is 0 Å². The van der Waals surface area contributed by atoms with Crippen molar-refractivity contribution in [1.82, 2.24) is 0 Å². The number of epoxide rings is 1. The molecule has 11 atom stereocenters. The summed E-state index contributed by atoms with van der Waals surface area (Å²) in [7, 11) is 1.85. The zero-order valence-electron chi connectivity index (χ0n) is 42.2. The molecule has 0 unspecified atom stereocenters. The number of alkyl halides is 9. The van der Waals surface area contributed by atoms with Gasteiger partial charge in [-0.25, -0.2) is 14.4 Å². The predicted octanol–water partition coefficient (Wildman–Crippen LogP) is 11.2. The molecule has 76 heavy (non-hydrogen) atoms. The van der Waals surface area contributed by atoms with E-state index in [0.717, 1.165) is 54.6 Å². The first-order chi connectivity index (χ1) is 35.9. The average Bonchev–Trinajstić information content (AvgIpc) is 4.11. The molecule has 3 aromatic rings. The molecule has 1 saturated heterocycles. The van der Waals surface area contributed by atoms with Gasteiger partial charge in [0.2, 0.25) is 0 Å². The highest BCUT2D eigenvalue weighted by molar-refractivity contribution is 5.85. The first-order valence-electron chi connectivity index (χ1n) is 24.0. The molecule has 0 N–H and O–H groups in total. The lowest BCUT2D eigenvalue weighted by Crippen LogP contribution is -2.55. The van der Waals surface area contributed by atoms with Gasteiger partial charge in [0.05, 0.1) is 6.10 Å². The smallest absolute Gasteiger partial charge is 0.432 e. The van der Waals surface area contributed by atoms with E-state index in [-0.39, 0.29) is 12.8 Å². The Morgan fingerprint density at radius 2 is 1.11 bits per heavy atom. The second kappa shape index (κ2) is 25.7. The van der Waals surface area contributed by atoms with Gasteiger partial charge in [-0.3, -0.25) is 4.79 Å². The van der Waals surface area contributed by atoms with Crippen LogP contribution in [0.5, 0.6) is 0 Å². The monoisotopic (exact) mass is 1080 g/mol. The van der Waals surface area contributed by atoms with Gasteiger partial charge in [0, 0.05) is 50.9 Å². The van der Waals surface area contributed by atoms with Crippen LogP contribution in [0.1, 0.15) is 69.6 Å². The van der Waals surface area contributed by atoms with Crippen molar-refractivity contribution in [3.8, 4) is 0 Å². The van der Waals surface area contributed by atoms with Gasteiger partial charge in [0.15, 0.2) is 12.2 Å². The molecule has 0 amide bonds. The molecule has 1 fully saturated rings. The molecule has 0 aliphatic carbocycles. The van der Waals surface area contributed by atoms with Crippen molar-refractivity contribution in [1.29, 1.82) is 0 Å². The number of allylic oxidation sites excluding steroid dienone is 5. The number of ether oxygens (including phenoxy) is 8. The summed E-state index contributed by atoms with van der Waals surface area (Å²) in [6.07, 6.45) is -15.7. The molecule has 0 radical (unpaired) electrons. The Labute approximate surface area is 433 Å². The van der Waals surface area contributed by atoms with Crippen molar-refractivity contribution >= 4 is 23.9 Å². The van der Waals surface area contributed by atoms with Crippen LogP contribution in [0.15, 0.2) is 140 Å². The van der Waals surface area contributed by atoms with E-state index in [1.165, 1.54) is 67.6 Å². The highest BCUT2D eigenvalue weighted by Gasteiger charge is 2.67. The van der Waals surface area contributed by atoms with Gasteiger partial charge in [-0.1, -0.05) is 141 Å². The molecule has 2 aliphatic heterocycles. The average molecular weight is 1080 g/mol. The standard InChI is InChI=1S/C55H59F9O12/c1-7-8-9-13-21-35(2)32-43(76-49(68)52(71-6,55(62,63)64)39-27-18-12-19-28-39)45-34-44-42(72-44)31-30-41(75-48(67)51(70-5,54(59,60)61)38-25-16-11-17-26-38)40(29-20-22-36(3)33-46(65)73-45)74-47(66)50(69-4,53(56,57)58)37-23-14-10-15-24-37/h7-8,10-21,23-31,35-36,40-45H,9,22,32-34H2,1-6H3/b8-7+,21-13+,29-20+,31-30+/t35-,36-,40-,41-,42-,43-,44-,45-,50-,51-,52-/m0/s1. The number of halogens is 9. The molecule has 3 aromatic carbocycles. The van der Waals surface area contributed by atoms with E-state index >= 15 is 39.5 Å². The molecule has 5 rings (SSSR count). The lowest BCUT2D eigenvalue weighted by Gasteiger charge is -2.36. The van der Waals surface area contributed by atoms with E-state index in [2.05, 4.69) is 0 Å². The van der Waals surface area contributed by atoms with Crippen molar-refractivity contribution in [2.45, 2.75) is 125 Å². The van der Waals surface area contributed by atoms with E-state index in [4.69, 9.17) is 37.9 Å². The van der Waals surface area contributed by atoms with Crippen LogP contribution in [-0.2, 0) is 73.9 Å². The maximum atomic E-state index is 15.3. The number of methoxy groups -OCH3 is 3. The molecule has 414 valence electrons. The van der Waals surface area contributed by atoms with Gasteiger partial charge >= 0.3 is 42.4 Å². The Hall–Kier alpha value is -6.29. The Balaban J connectivity index is 1.63. The molecule has 2 aliphatic rings. The summed E-state index contributed by atoms with van der Waals surface area (Å²) in [6.45, 7) is 5.01. The van der Waals surface area contributed by atoms with E-state index < -0.39 is 137 Å². The van der Waals surface area contributed by atoms with E-state index in [1.807, 2.05) is 6.08 Å². The lowest BCUT2D eigenvalue weighted by atomic mass is 9.91. The number of carbonyl (C=O) groups excluding carboxylic acids is 4. The number of hydrogen-bond donors (Lipinski definition) is 0. The van der Waals surface area contributed by atoms with E-state index in [0.29, 0.717) is 27.8 Å². The number of esters is 4. The van der Waals surface area contributed by atoms with Gasteiger partial charge < -0.3 is 37.9 Å². The third-order valence-corrected chi connectivity index (χ3v) is 12.8. The Bertz CT molecular complexity index is 2520. The second-order valence-corrected chi connectivity index (χ2v) is 18.1. The summed E-state index contributed by atoms with van der Waals surface area (Å²) in [5.41, 5.74) is -13.5. The normalized spacial score (nSPS) is 24.9. The van der Waals surface area contributed by atoms with Crippen LogP contribution >= 0.6 is 0 Å². The molecule has 0 aromatic heterocycles. The van der Waals surface area contributed by atoms with Crippen LogP contribution in [0.2, 0.25) is 0 Å². The fourth-order valence-corrected chi connectivity index (χ4v) is 8.74. The van der Waals surface area contributed by atoms with Crippen molar-refractivity contribution in [2.24, 2.45) is 11.8 Å². The van der Waals surface area contributed by atoms with E-state index in [1.54, 1.807) is 32.1 Å². The Morgan fingerprint density at radius 3 is 1.54 bits per heavy atom. The van der Waals surface area contributed by atoms with Crippen LogP contribution in [0, 0.1) is 11.8 Å². The molecule has 21 heteroatoms. The molecule has 12 nitrogen and oxygen atoms in total. The SMILES string of the molecule is C/C=C/C/C=C/[C@H](C)C[C@H](OC(=O)[C@@](OC)(c1ccccc1)C(F)(F)F)[C@@H]1C[C@@H]2O[C@H]2/C=C/[C@H](OC(=O)[C@@](OC)(c2ccccc2)C(F)(F)F)[C@@H](OC(=O)[C@@](OC)(c2ccccc2)C(F)(F)F)/C=C/C[C@H](C)CC(=O)O1. The molecule has 2 heterocycles. The summed E-state index contributed by atoms with van der Waals surface area (Å²) < 4.78 is 180. The number of benzene rings is 3. The largest absolute Gasteiger partial charge is 0.458 e. The second-order valence-electron chi connectivity index (χ2n) is 18.1. The van der Waals surface area contributed by atoms with Crippen molar-refractivity contribution in [3.63, 3.8) is 0 Å². The molecule has 0 saturated carbocycles. The summed E-state index contributed by atoms with van der Waals surface area (Å²) >= 11 is 0. The van der Waals surface area contributed by atoms with Crippen LogP contribution in [0.25, 0.3) is 0 Å². The van der Waals surface area contributed by atoms with Gasteiger partial charge in [-0.15, -0.1) is 0 Å². The van der Waals surface area contributed by atoms with Gasteiger partial charge in [-0.05, 0) is 50.2 Å². The molecular formula is C55H59F9O12. The van der Waals surface area contributed by atoms with Gasteiger partial charge in [0.25, 0.3) is 16.8 Å². The minimum Gasteiger partial charge on any atom is -0.458 e. The third kappa shape index (κ3) is 13.6. The van der Waals surface area contributed by atoms with Crippen LogP contribution in [0.4, 0.5) is 39.5 Å². The number of fused-ring (bicyclic) bond motifs is 1. The fourth-order valence-electron chi connectivity index (χ4n) is 8.74. The topological polar surface area (TPSA) is 145 Å². The molecule has 0 bridgehead atoms. The molecule has 0 spiro atoms. The summed E-state index contributed by atoms with van der Waals surface area (Å²) in [6, 6.07) is 17.2. The number of cyclic esters (lactones) is 1. The summed E-state index contributed by atoms with van der Waals surface area (Å²) in [5, 5.41) is 0. The number of carbonyl (C=O) groups is 4. The summed E-state index contributed by atoms with van der Waals surface area (Å²) in [4.78, 5) is 56.5. The number of rotatable bonds is 18. The van der Waals surface area contributed by atoms with Gasteiger partial charge in [0.1, 0.15) is 18.3 Å². The fraction of sp³-hybridized carbons (Fsp3) is 0.455. The third-order valence-electron chi connectivity index (χ3n) is 12.8. The zero-order valence-corrected chi connectivity index (χ0v) is 42.2. The summed E-state index contributed by atoms with van der Waals surface area (Å²) in [5.74, 6) is -8.35. The van der Waals surface area contributed by atoms with Gasteiger partial charge in [-0.2, -0.15) is 39.5 Å². The zero-order chi connectivity index (χ0) is 56.1. The maximum Gasteiger partial charge on any atom is 0.432 e. The highest BCUT2D eigenvalue weighted by atomic mass is 19.4. The Kier molecular flexibility index (Phi) is 20.5. The number of hydrogen-bond acceptors (Lipinski definition) is 12. The quantitative estimate of drug-likeness (QED) is 0.0393. The predicted molar refractivity (Wildman–Crippen MR) is 255 cm³/mol. The minimum atomic E-state index is -5.55. The Morgan fingerprint density at radius 1 is 0.658 bits per heavy atom. The molecular weight excluding hydrogens is 1020 g/mol.